The number of Topliss-reactive ketones (excluding diaryl/α,β-unsaturated/α-hetero) is 1. The van der Waals surface area contributed by atoms with Gasteiger partial charge in [-0.25, -0.2) is 0 Å². The van der Waals surface area contributed by atoms with Gasteiger partial charge in [0.1, 0.15) is 12.4 Å². The normalized spacial score (nSPS) is 16.2. The maximum Gasteiger partial charge on any atom is 0.171 e. The molecule has 0 spiro atoms. The quantitative estimate of drug-likeness (QED) is 0.780. The lowest BCUT2D eigenvalue weighted by Crippen LogP contribution is -2.38. The third-order valence-electron chi connectivity index (χ3n) is 3.80. The van der Waals surface area contributed by atoms with E-state index in [2.05, 4.69) is 33.9 Å². The minimum Gasteiger partial charge on any atom is -0.491 e. The molecule has 4 heteroatoms. The van der Waals surface area contributed by atoms with Crippen molar-refractivity contribution >= 4 is 14.8 Å². The number of aryl methyl sites for hydroxylation is 1. The molecule has 0 saturated heterocycles. The summed E-state index contributed by atoms with van der Waals surface area (Å²) >= 11 is 0. The second-order valence-electron chi connectivity index (χ2n) is 7.09. The van der Waals surface area contributed by atoms with Crippen LogP contribution in [0.5, 0.6) is 5.75 Å². The molecule has 1 aromatic rings. The third-order valence-corrected chi connectivity index (χ3v) is 4.68. The molecule has 3 nitrogen and oxygen atoms in total. The molecule has 0 amide bonds. The number of fused-ring (bicyclic) bond motifs is 1. The van der Waals surface area contributed by atoms with Crippen molar-refractivity contribution in [2.75, 3.05) is 6.61 Å². The van der Waals surface area contributed by atoms with E-state index in [0.29, 0.717) is 13.0 Å². The maximum absolute atomic E-state index is 11.6. The fourth-order valence-electron chi connectivity index (χ4n) is 2.52. The molecule has 0 heterocycles. The van der Waals surface area contributed by atoms with Crippen LogP contribution in [0.4, 0.5) is 0 Å². The lowest BCUT2D eigenvalue weighted by Gasteiger charge is -2.32. The topological polar surface area (TPSA) is 35.5 Å². The average molecular weight is 306 g/mol. The van der Waals surface area contributed by atoms with Crippen LogP contribution in [-0.2, 0) is 10.8 Å². The van der Waals surface area contributed by atoms with Crippen molar-refractivity contribution in [2.45, 2.75) is 52.8 Å². The highest BCUT2D eigenvalue weighted by atomic mass is 28.3. The minimum atomic E-state index is -1.10. The van der Waals surface area contributed by atoms with Gasteiger partial charge < -0.3 is 9.16 Å². The van der Waals surface area contributed by atoms with Gasteiger partial charge in [-0.3, -0.25) is 4.79 Å². The first-order valence-corrected chi connectivity index (χ1v) is 10.5. The van der Waals surface area contributed by atoms with Crippen molar-refractivity contribution in [2.24, 2.45) is 5.41 Å². The first kappa shape index (κ1) is 16.2. The average Bonchev–Trinajstić information content (AvgIpc) is 2.74. The monoisotopic (exact) mass is 306 g/mol. The van der Waals surface area contributed by atoms with Gasteiger partial charge in [0.15, 0.2) is 14.8 Å². The van der Waals surface area contributed by atoms with Crippen LogP contribution in [0, 0.1) is 5.41 Å². The van der Waals surface area contributed by atoms with Crippen LogP contribution in [0.2, 0.25) is 13.1 Å². The maximum atomic E-state index is 11.6. The van der Waals surface area contributed by atoms with Crippen LogP contribution in [0.1, 0.15) is 43.1 Å². The molecule has 1 atom stereocenters. The molecule has 0 N–H and O–H groups in total. The fourth-order valence-corrected chi connectivity index (χ4v) is 3.66. The van der Waals surface area contributed by atoms with Gasteiger partial charge in [-0.05, 0) is 48.7 Å². The second kappa shape index (κ2) is 6.32. The summed E-state index contributed by atoms with van der Waals surface area (Å²) < 4.78 is 12.0. The van der Waals surface area contributed by atoms with Crippen LogP contribution in [0.25, 0.3) is 0 Å². The molecule has 1 unspecified atom stereocenters. The second-order valence-corrected chi connectivity index (χ2v) is 9.46. The zero-order valence-corrected chi connectivity index (χ0v) is 14.9. The molecule has 0 aromatic heterocycles. The lowest BCUT2D eigenvalue weighted by molar-refractivity contribution is 0.0412. The van der Waals surface area contributed by atoms with Gasteiger partial charge in [-0.15, -0.1) is 0 Å². The van der Waals surface area contributed by atoms with Gasteiger partial charge in [0.2, 0.25) is 0 Å². The number of carbonyl (C=O) groups excluding carboxylic acids is 1. The SMILES string of the molecule is C[SiH](C)OC(COc1ccc2c(c1)CCC2=O)C(C)(C)C. The molecule has 21 heavy (non-hydrogen) atoms. The van der Waals surface area contributed by atoms with Crippen LogP contribution >= 0.6 is 0 Å². The van der Waals surface area contributed by atoms with Gasteiger partial charge in [0.05, 0.1) is 6.10 Å². The number of carbonyl (C=O) groups is 1. The molecule has 0 saturated carbocycles. The highest BCUT2D eigenvalue weighted by molar-refractivity contribution is 6.48. The van der Waals surface area contributed by atoms with Crippen molar-refractivity contribution in [1.29, 1.82) is 0 Å². The highest BCUT2D eigenvalue weighted by Gasteiger charge is 2.27. The van der Waals surface area contributed by atoms with Crippen molar-refractivity contribution in [3.8, 4) is 5.75 Å². The number of ether oxygens (including phenoxy) is 1. The van der Waals surface area contributed by atoms with Gasteiger partial charge >= 0.3 is 0 Å². The Labute approximate surface area is 129 Å². The number of hydrogen-bond donors (Lipinski definition) is 0. The molecule has 116 valence electrons. The van der Waals surface area contributed by atoms with Gasteiger partial charge in [0.25, 0.3) is 0 Å². The summed E-state index contributed by atoms with van der Waals surface area (Å²) in [6.07, 6.45) is 1.56. The number of benzene rings is 1. The zero-order valence-electron chi connectivity index (χ0n) is 13.7. The van der Waals surface area contributed by atoms with Crippen LogP contribution < -0.4 is 4.74 Å². The minimum absolute atomic E-state index is 0.0595. The number of hydrogen-bond acceptors (Lipinski definition) is 3. The van der Waals surface area contributed by atoms with Crippen molar-refractivity contribution in [3.05, 3.63) is 29.3 Å². The number of rotatable bonds is 5. The molecular formula is C17H26O3Si. The predicted octanol–water partition coefficient (Wildman–Crippen LogP) is 3.61. The van der Waals surface area contributed by atoms with Crippen LogP contribution in [0.3, 0.4) is 0 Å². The Morgan fingerprint density at radius 3 is 2.57 bits per heavy atom. The summed E-state index contributed by atoms with van der Waals surface area (Å²) in [5.74, 6) is 1.09. The Morgan fingerprint density at radius 1 is 1.24 bits per heavy atom. The molecule has 1 aliphatic rings. The Balaban J connectivity index is 2.03. The lowest BCUT2D eigenvalue weighted by atomic mass is 9.90. The van der Waals surface area contributed by atoms with Gasteiger partial charge in [-0.2, -0.15) is 0 Å². The molecule has 0 aliphatic heterocycles. The van der Waals surface area contributed by atoms with E-state index in [-0.39, 0.29) is 17.3 Å². The first-order chi connectivity index (χ1) is 9.77. The van der Waals surface area contributed by atoms with Crippen LogP contribution in [-0.4, -0.2) is 27.5 Å². The summed E-state index contributed by atoms with van der Waals surface area (Å²) in [5.41, 5.74) is 2.04. The van der Waals surface area contributed by atoms with Crippen LogP contribution in [0.15, 0.2) is 18.2 Å². The third kappa shape index (κ3) is 4.17. The predicted molar refractivity (Wildman–Crippen MR) is 87.8 cm³/mol. The van der Waals surface area contributed by atoms with E-state index in [0.717, 1.165) is 23.3 Å². The van der Waals surface area contributed by atoms with E-state index in [1.54, 1.807) is 0 Å². The van der Waals surface area contributed by atoms with E-state index < -0.39 is 9.04 Å². The molecule has 1 aliphatic carbocycles. The summed E-state index contributed by atoms with van der Waals surface area (Å²) in [4.78, 5) is 11.6. The molecular weight excluding hydrogens is 280 g/mol. The first-order valence-electron chi connectivity index (χ1n) is 7.72. The molecule has 1 aromatic carbocycles. The summed E-state index contributed by atoms with van der Waals surface area (Å²) in [7, 11) is -1.10. The van der Waals surface area contributed by atoms with Crippen molar-refractivity contribution < 1.29 is 14.0 Å². The fraction of sp³-hybridized carbons (Fsp3) is 0.588. The molecule has 0 fully saturated rings. The van der Waals surface area contributed by atoms with Gasteiger partial charge in [0, 0.05) is 12.0 Å². The Morgan fingerprint density at radius 2 is 1.95 bits per heavy atom. The van der Waals surface area contributed by atoms with E-state index in [4.69, 9.17) is 9.16 Å². The smallest absolute Gasteiger partial charge is 0.171 e. The Bertz CT molecular complexity index is 517. The Kier molecular flexibility index (Phi) is 4.89. The number of ketones is 1. The van der Waals surface area contributed by atoms with Gasteiger partial charge in [-0.1, -0.05) is 20.8 Å². The largest absolute Gasteiger partial charge is 0.491 e. The summed E-state index contributed by atoms with van der Waals surface area (Å²) in [5, 5.41) is 0. The van der Waals surface area contributed by atoms with Crippen molar-refractivity contribution in [1.82, 2.24) is 0 Å². The van der Waals surface area contributed by atoms with Crippen molar-refractivity contribution in [3.63, 3.8) is 0 Å². The highest BCUT2D eigenvalue weighted by Crippen LogP contribution is 2.28. The summed E-state index contributed by atoms with van der Waals surface area (Å²) in [6, 6.07) is 5.80. The Hall–Kier alpha value is -1.13. The molecule has 2 rings (SSSR count). The van der Waals surface area contributed by atoms with E-state index >= 15 is 0 Å². The van der Waals surface area contributed by atoms with E-state index in [1.807, 2.05) is 18.2 Å². The summed E-state index contributed by atoms with van der Waals surface area (Å²) in [6.45, 7) is 11.5. The molecule has 0 radical (unpaired) electrons. The standard InChI is InChI=1S/C17H26O3Si/c1-17(2,3)16(20-21(4)5)11-19-13-7-8-14-12(10-13)6-9-15(14)18/h7-8,10,16,21H,6,9,11H2,1-5H3. The zero-order chi connectivity index (χ0) is 15.6. The van der Waals surface area contributed by atoms with E-state index in [1.165, 1.54) is 0 Å². The van der Waals surface area contributed by atoms with E-state index in [9.17, 15) is 4.79 Å². The molecule has 0 bridgehead atoms.